The van der Waals surface area contributed by atoms with Gasteiger partial charge in [0.25, 0.3) is 5.91 Å². The number of amides is 1. The molecule has 0 radical (unpaired) electrons. The highest BCUT2D eigenvalue weighted by atomic mass is 35.5. The Bertz CT molecular complexity index is 657. The molecule has 4 nitrogen and oxygen atoms in total. The molecule has 1 unspecified atom stereocenters. The molecule has 0 spiro atoms. The molecule has 1 aromatic carbocycles. The van der Waals surface area contributed by atoms with Crippen molar-refractivity contribution >= 4 is 34.0 Å². The van der Waals surface area contributed by atoms with E-state index in [2.05, 4.69) is 10.3 Å². The average molecular weight is 339 g/mol. The van der Waals surface area contributed by atoms with E-state index in [9.17, 15) is 4.79 Å². The van der Waals surface area contributed by atoms with Gasteiger partial charge in [-0.05, 0) is 31.9 Å². The molecule has 0 saturated carbocycles. The van der Waals surface area contributed by atoms with Gasteiger partial charge >= 0.3 is 0 Å². The van der Waals surface area contributed by atoms with Crippen LogP contribution in [0, 0.1) is 6.92 Å². The van der Waals surface area contributed by atoms with E-state index in [-0.39, 0.29) is 5.91 Å². The van der Waals surface area contributed by atoms with E-state index in [4.69, 9.17) is 16.3 Å². The van der Waals surface area contributed by atoms with Crippen LogP contribution in [0.4, 0.5) is 5.13 Å². The highest BCUT2D eigenvalue weighted by Gasteiger charge is 2.15. The molecule has 0 fully saturated rings. The van der Waals surface area contributed by atoms with Crippen LogP contribution in [0.25, 0.3) is 0 Å². The highest BCUT2D eigenvalue weighted by molar-refractivity contribution is 7.15. The maximum atomic E-state index is 11.9. The highest BCUT2D eigenvalue weighted by Crippen LogP contribution is 2.26. The zero-order chi connectivity index (χ0) is 16.1. The molecule has 1 heterocycles. The number of thiazole rings is 1. The summed E-state index contributed by atoms with van der Waals surface area (Å²) in [5, 5.41) is 4.13. The topological polar surface area (TPSA) is 51.2 Å². The van der Waals surface area contributed by atoms with Crippen molar-refractivity contribution in [2.75, 3.05) is 11.9 Å². The monoisotopic (exact) mass is 338 g/mol. The quantitative estimate of drug-likeness (QED) is 0.864. The van der Waals surface area contributed by atoms with Crippen LogP contribution in [-0.4, -0.2) is 23.6 Å². The minimum Gasteiger partial charge on any atom is -0.369 e. The first-order valence-electron chi connectivity index (χ1n) is 7.12. The van der Waals surface area contributed by atoms with Crippen molar-refractivity contribution in [2.45, 2.75) is 33.3 Å². The maximum absolute atomic E-state index is 11.9. The summed E-state index contributed by atoms with van der Waals surface area (Å²) in [7, 11) is 0. The number of nitrogens with zero attached hydrogens (tertiary/aromatic N) is 1. The minimum absolute atomic E-state index is 0.184. The normalized spacial score (nSPS) is 12.2. The van der Waals surface area contributed by atoms with Crippen LogP contribution in [0.1, 0.15) is 29.9 Å². The van der Waals surface area contributed by atoms with Crippen LogP contribution in [0.5, 0.6) is 0 Å². The van der Waals surface area contributed by atoms with Crippen LogP contribution < -0.4 is 5.32 Å². The number of halogens is 1. The first kappa shape index (κ1) is 16.9. The molecule has 0 aliphatic heterocycles. The lowest BCUT2D eigenvalue weighted by Gasteiger charge is -2.09. The number of ether oxygens (including phenoxy) is 1. The Morgan fingerprint density at radius 2 is 2.27 bits per heavy atom. The fraction of sp³-hybridized carbons (Fsp3) is 0.375. The van der Waals surface area contributed by atoms with Gasteiger partial charge in [-0.15, -0.1) is 11.3 Å². The predicted octanol–water partition coefficient (Wildman–Crippen LogP) is 4.06. The number of carbonyl (C=O) groups excluding carboxylic acids is 1. The number of anilines is 1. The third-order valence-electron chi connectivity index (χ3n) is 3.21. The summed E-state index contributed by atoms with van der Waals surface area (Å²) in [4.78, 5) is 17.2. The third-order valence-corrected chi connectivity index (χ3v) is 4.66. The molecule has 0 aliphatic carbocycles. The summed E-state index contributed by atoms with van der Waals surface area (Å²) < 4.78 is 5.25. The SMILES string of the molecule is CCOC(C)C(=O)Nc1ncc(Cc2cccc(C)c2Cl)s1. The predicted molar refractivity (Wildman–Crippen MR) is 90.8 cm³/mol. The Hall–Kier alpha value is -1.43. The van der Waals surface area contributed by atoms with E-state index in [1.54, 1.807) is 13.1 Å². The van der Waals surface area contributed by atoms with Crippen molar-refractivity contribution in [3.05, 3.63) is 45.4 Å². The molecular formula is C16H19ClN2O2S. The molecule has 2 aromatic rings. The summed E-state index contributed by atoms with van der Waals surface area (Å²) in [6, 6.07) is 5.98. The Labute approximate surface area is 139 Å². The lowest BCUT2D eigenvalue weighted by Crippen LogP contribution is -2.27. The number of benzene rings is 1. The number of carbonyl (C=O) groups is 1. The average Bonchev–Trinajstić information content (AvgIpc) is 2.91. The van der Waals surface area contributed by atoms with Gasteiger partial charge in [-0.25, -0.2) is 4.98 Å². The molecular weight excluding hydrogens is 320 g/mol. The molecule has 0 saturated heterocycles. The van der Waals surface area contributed by atoms with E-state index in [1.807, 2.05) is 32.0 Å². The summed E-state index contributed by atoms with van der Waals surface area (Å²) in [5.41, 5.74) is 2.12. The summed E-state index contributed by atoms with van der Waals surface area (Å²) in [5.74, 6) is -0.184. The van der Waals surface area contributed by atoms with Crippen LogP contribution in [0.15, 0.2) is 24.4 Å². The summed E-state index contributed by atoms with van der Waals surface area (Å²) in [6.07, 6.45) is 1.99. The Balaban J connectivity index is 2.02. The van der Waals surface area contributed by atoms with Gasteiger partial charge in [0.05, 0.1) is 0 Å². The smallest absolute Gasteiger partial charge is 0.254 e. The largest absolute Gasteiger partial charge is 0.369 e. The van der Waals surface area contributed by atoms with E-state index >= 15 is 0 Å². The van der Waals surface area contributed by atoms with Gasteiger partial charge in [0.1, 0.15) is 6.10 Å². The second kappa shape index (κ2) is 7.72. The number of aryl methyl sites for hydroxylation is 1. The number of hydrogen-bond donors (Lipinski definition) is 1. The molecule has 1 N–H and O–H groups in total. The summed E-state index contributed by atoms with van der Waals surface area (Å²) in [6.45, 7) is 6.07. The van der Waals surface area contributed by atoms with Crippen LogP contribution in [0.2, 0.25) is 5.02 Å². The van der Waals surface area contributed by atoms with Gasteiger partial charge in [-0.2, -0.15) is 0 Å². The van der Waals surface area contributed by atoms with Crippen LogP contribution in [0.3, 0.4) is 0 Å². The maximum Gasteiger partial charge on any atom is 0.254 e. The molecule has 1 atom stereocenters. The lowest BCUT2D eigenvalue weighted by molar-refractivity contribution is -0.126. The van der Waals surface area contributed by atoms with E-state index in [1.165, 1.54) is 11.3 Å². The summed E-state index contributed by atoms with van der Waals surface area (Å²) >= 11 is 7.76. The Morgan fingerprint density at radius 1 is 1.50 bits per heavy atom. The van der Waals surface area contributed by atoms with Crippen molar-refractivity contribution in [3.8, 4) is 0 Å². The minimum atomic E-state index is -0.483. The zero-order valence-corrected chi connectivity index (χ0v) is 14.4. The van der Waals surface area contributed by atoms with Gasteiger partial charge in [-0.3, -0.25) is 10.1 Å². The Kier molecular flexibility index (Phi) is 5.94. The Morgan fingerprint density at radius 3 is 3.00 bits per heavy atom. The molecule has 118 valence electrons. The van der Waals surface area contributed by atoms with Crippen molar-refractivity contribution in [2.24, 2.45) is 0 Å². The molecule has 6 heteroatoms. The third kappa shape index (κ3) is 4.29. The fourth-order valence-corrected chi connectivity index (χ4v) is 3.04. The molecule has 1 aromatic heterocycles. The molecule has 1 amide bonds. The number of aromatic nitrogens is 1. The van der Waals surface area contributed by atoms with Crippen molar-refractivity contribution < 1.29 is 9.53 Å². The lowest BCUT2D eigenvalue weighted by atomic mass is 10.1. The van der Waals surface area contributed by atoms with Crippen molar-refractivity contribution in [1.82, 2.24) is 4.98 Å². The fourth-order valence-electron chi connectivity index (χ4n) is 2.01. The van der Waals surface area contributed by atoms with E-state index < -0.39 is 6.10 Å². The first-order valence-corrected chi connectivity index (χ1v) is 8.31. The van der Waals surface area contributed by atoms with Gasteiger partial charge in [-0.1, -0.05) is 29.8 Å². The molecule has 0 aliphatic rings. The molecule has 22 heavy (non-hydrogen) atoms. The molecule has 2 rings (SSSR count). The first-order chi connectivity index (χ1) is 10.5. The number of hydrogen-bond acceptors (Lipinski definition) is 4. The number of nitrogens with one attached hydrogen (secondary N) is 1. The van der Waals surface area contributed by atoms with Gasteiger partial charge in [0.15, 0.2) is 5.13 Å². The van der Waals surface area contributed by atoms with Gasteiger partial charge in [0, 0.05) is 29.1 Å². The standard InChI is InChI=1S/C16H19ClN2O2S/c1-4-21-11(3)15(20)19-16-18-9-13(22-16)8-12-7-5-6-10(2)14(12)17/h5-7,9,11H,4,8H2,1-3H3,(H,18,19,20). The number of rotatable bonds is 6. The van der Waals surface area contributed by atoms with Crippen LogP contribution >= 0.6 is 22.9 Å². The van der Waals surface area contributed by atoms with Crippen molar-refractivity contribution in [3.63, 3.8) is 0 Å². The van der Waals surface area contributed by atoms with Crippen LogP contribution in [-0.2, 0) is 16.0 Å². The van der Waals surface area contributed by atoms with Crippen molar-refractivity contribution in [1.29, 1.82) is 0 Å². The second-order valence-corrected chi connectivity index (χ2v) is 6.44. The van der Waals surface area contributed by atoms with E-state index in [0.717, 1.165) is 21.0 Å². The zero-order valence-electron chi connectivity index (χ0n) is 12.9. The van der Waals surface area contributed by atoms with Gasteiger partial charge < -0.3 is 4.74 Å². The van der Waals surface area contributed by atoms with E-state index in [0.29, 0.717) is 18.2 Å². The second-order valence-electron chi connectivity index (χ2n) is 4.94. The van der Waals surface area contributed by atoms with Gasteiger partial charge in [0.2, 0.25) is 0 Å². The molecule has 0 bridgehead atoms.